The molecule has 0 atom stereocenters. The Morgan fingerprint density at radius 3 is 2.28 bits per heavy atom. The number of azide groups is 1. The number of rotatable bonds is 4. The highest BCUT2D eigenvalue weighted by Gasteiger charge is 2.15. The van der Waals surface area contributed by atoms with Crippen LogP contribution in [0.4, 0.5) is 5.69 Å². The summed E-state index contributed by atoms with van der Waals surface area (Å²) in [6, 6.07) is 9.88. The maximum absolute atomic E-state index is 12.2. The molecule has 0 amide bonds. The quantitative estimate of drug-likeness (QED) is 0.156. The predicted octanol–water partition coefficient (Wildman–Crippen LogP) is 3.34. The van der Waals surface area contributed by atoms with E-state index in [2.05, 4.69) is 14.4 Å². The monoisotopic (exact) mass is 361 g/mol. The fraction of sp³-hybridized carbons (Fsp3) is 0.0714. The first-order chi connectivity index (χ1) is 11.8. The Hall–Kier alpha value is -3.43. The fourth-order valence-electron chi connectivity index (χ4n) is 1.70. The normalized spacial score (nSPS) is 11.5. The van der Waals surface area contributed by atoms with Crippen LogP contribution in [0.5, 0.6) is 5.75 Å². The maximum atomic E-state index is 12.2. The van der Waals surface area contributed by atoms with E-state index in [-0.39, 0.29) is 16.3 Å². The largest absolute Gasteiger partial charge is 0.437 e. The smallest absolute Gasteiger partial charge is 0.295 e. The molecule has 0 spiro atoms. The number of non-ortho nitro benzene ring substituents is 1. The molecule has 11 heteroatoms. The lowest BCUT2D eigenvalue weighted by molar-refractivity contribution is -0.384. The summed E-state index contributed by atoms with van der Waals surface area (Å²) in [5, 5.41) is 13.7. The molecule has 0 saturated carbocycles. The van der Waals surface area contributed by atoms with E-state index in [0.29, 0.717) is 0 Å². The van der Waals surface area contributed by atoms with Crippen molar-refractivity contribution in [2.75, 3.05) is 0 Å². The minimum atomic E-state index is -4.15. The molecule has 0 unspecified atom stereocenters. The summed E-state index contributed by atoms with van der Waals surface area (Å²) < 4.78 is 32.9. The van der Waals surface area contributed by atoms with Gasteiger partial charge in [-0.3, -0.25) is 10.1 Å². The number of ether oxygens (including phenoxy) is 1. The van der Waals surface area contributed by atoms with Crippen LogP contribution in [-0.4, -0.2) is 19.4 Å². The number of aryl methyl sites for hydroxylation is 1. The van der Waals surface area contributed by atoms with Crippen molar-refractivity contribution in [1.29, 1.82) is 0 Å². The SMILES string of the molecule is Cc1ccc(S(=O)(=O)/N=C(\N=[N+]=[N-])Oc2ccc([N+](=O)[O-])cc2)cc1. The van der Waals surface area contributed by atoms with Crippen molar-refractivity contribution < 1.29 is 18.1 Å². The second kappa shape index (κ2) is 7.43. The Morgan fingerprint density at radius 1 is 1.16 bits per heavy atom. The van der Waals surface area contributed by atoms with Crippen LogP contribution < -0.4 is 4.74 Å². The summed E-state index contributed by atoms with van der Waals surface area (Å²) in [5.41, 5.74) is 9.23. The van der Waals surface area contributed by atoms with Crippen molar-refractivity contribution in [1.82, 2.24) is 0 Å². The van der Waals surface area contributed by atoms with Gasteiger partial charge in [0.05, 0.1) is 9.82 Å². The highest BCUT2D eigenvalue weighted by atomic mass is 32.2. The molecule has 128 valence electrons. The molecule has 0 N–H and O–H groups in total. The molecule has 25 heavy (non-hydrogen) atoms. The van der Waals surface area contributed by atoms with E-state index in [9.17, 15) is 18.5 Å². The fourth-order valence-corrected chi connectivity index (χ4v) is 2.57. The Balaban J connectivity index is 2.33. The van der Waals surface area contributed by atoms with Gasteiger partial charge in [0.1, 0.15) is 5.75 Å². The van der Waals surface area contributed by atoms with Crippen molar-refractivity contribution in [2.45, 2.75) is 11.8 Å². The van der Waals surface area contributed by atoms with Gasteiger partial charge < -0.3 is 4.74 Å². The van der Waals surface area contributed by atoms with Gasteiger partial charge in [-0.05, 0) is 41.8 Å². The average Bonchev–Trinajstić information content (AvgIpc) is 2.55. The first-order valence-corrected chi connectivity index (χ1v) is 8.15. The Kier molecular flexibility index (Phi) is 5.32. The van der Waals surface area contributed by atoms with Crippen LogP contribution in [-0.2, 0) is 10.0 Å². The molecule has 0 radical (unpaired) electrons. The van der Waals surface area contributed by atoms with Crippen molar-refractivity contribution in [3.63, 3.8) is 0 Å². The molecule has 0 aromatic heterocycles. The van der Waals surface area contributed by atoms with E-state index in [1.165, 1.54) is 24.3 Å². The van der Waals surface area contributed by atoms with Crippen LogP contribution in [0.3, 0.4) is 0 Å². The molecule has 0 heterocycles. The van der Waals surface area contributed by atoms with Crippen molar-refractivity contribution in [3.8, 4) is 5.75 Å². The highest BCUT2D eigenvalue weighted by Crippen LogP contribution is 2.19. The number of hydrogen-bond donors (Lipinski definition) is 0. The van der Waals surface area contributed by atoms with E-state index in [4.69, 9.17) is 10.3 Å². The van der Waals surface area contributed by atoms with E-state index in [0.717, 1.165) is 17.7 Å². The molecule has 2 aromatic rings. The van der Waals surface area contributed by atoms with Gasteiger partial charge in [-0.1, -0.05) is 17.7 Å². The number of sulfonamides is 1. The third-order valence-corrected chi connectivity index (χ3v) is 4.17. The van der Waals surface area contributed by atoms with E-state index < -0.39 is 21.0 Å². The second-order valence-electron chi connectivity index (χ2n) is 4.70. The molecular formula is C14H11N5O5S. The second-order valence-corrected chi connectivity index (χ2v) is 6.31. The Labute approximate surface area is 142 Å². The van der Waals surface area contributed by atoms with Crippen LogP contribution in [0.2, 0.25) is 0 Å². The van der Waals surface area contributed by atoms with Crippen LogP contribution >= 0.6 is 0 Å². The zero-order valence-electron chi connectivity index (χ0n) is 12.8. The lowest BCUT2D eigenvalue weighted by atomic mass is 10.2. The highest BCUT2D eigenvalue weighted by molar-refractivity contribution is 7.90. The molecule has 2 aromatic carbocycles. The van der Waals surface area contributed by atoms with Gasteiger partial charge in [-0.2, -0.15) is 8.42 Å². The lowest BCUT2D eigenvalue weighted by Gasteiger charge is -2.05. The van der Waals surface area contributed by atoms with Gasteiger partial charge in [0.15, 0.2) is 0 Å². The molecule has 10 nitrogen and oxygen atoms in total. The molecule has 0 aliphatic rings. The third-order valence-electron chi connectivity index (χ3n) is 2.90. The molecule has 0 fully saturated rings. The summed E-state index contributed by atoms with van der Waals surface area (Å²) >= 11 is 0. The molecule has 0 aliphatic heterocycles. The zero-order valence-corrected chi connectivity index (χ0v) is 13.6. The number of nitro benzene ring substituents is 1. The van der Waals surface area contributed by atoms with Crippen molar-refractivity contribution >= 4 is 21.7 Å². The number of nitrogens with zero attached hydrogens (tertiary/aromatic N) is 5. The first-order valence-electron chi connectivity index (χ1n) is 6.71. The van der Waals surface area contributed by atoms with Gasteiger partial charge in [0.25, 0.3) is 21.7 Å². The van der Waals surface area contributed by atoms with Gasteiger partial charge >= 0.3 is 0 Å². The van der Waals surface area contributed by atoms with Crippen LogP contribution in [0.15, 0.2) is 62.9 Å². The topological polar surface area (TPSA) is 148 Å². The molecule has 0 bridgehead atoms. The Morgan fingerprint density at radius 2 is 1.76 bits per heavy atom. The van der Waals surface area contributed by atoms with Gasteiger partial charge in [0, 0.05) is 17.0 Å². The number of benzene rings is 2. The summed E-state index contributed by atoms with van der Waals surface area (Å²) in [6.45, 7) is 1.79. The van der Waals surface area contributed by atoms with Crippen LogP contribution in [0, 0.1) is 17.0 Å². The summed E-state index contributed by atoms with van der Waals surface area (Å²) in [4.78, 5) is 12.4. The summed E-state index contributed by atoms with van der Waals surface area (Å²) in [5.74, 6) is 0.0239. The number of amidine groups is 1. The number of nitro groups is 1. The molecule has 2 rings (SSSR count). The van der Waals surface area contributed by atoms with E-state index in [1.807, 2.05) is 0 Å². The van der Waals surface area contributed by atoms with Crippen LogP contribution in [0.25, 0.3) is 10.4 Å². The van der Waals surface area contributed by atoms with Gasteiger partial charge in [-0.25, -0.2) is 0 Å². The summed E-state index contributed by atoms with van der Waals surface area (Å²) in [7, 11) is -4.15. The number of hydrogen-bond acceptors (Lipinski definition) is 5. The minimum absolute atomic E-state index is 0.0239. The predicted molar refractivity (Wildman–Crippen MR) is 88.7 cm³/mol. The van der Waals surface area contributed by atoms with Crippen molar-refractivity contribution in [3.05, 3.63) is 74.7 Å². The van der Waals surface area contributed by atoms with Crippen LogP contribution in [0.1, 0.15) is 5.56 Å². The van der Waals surface area contributed by atoms with E-state index in [1.54, 1.807) is 19.1 Å². The van der Waals surface area contributed by atoms with Gasteiger partial charge in [-0.15, -0.1) is 4.40 Å². The molecule has 0 saturated heterocycles. The lowest BCUT2D eigenvalue weighted by Crippen LogP contribution is -2.09. The summed E-state index contributed by atoms with van der Waals surface area (Å²) in [6.07, 6.45) is 0. The zero-order chi connectivity index (χ0) is 18.4. The first kappa shape index (κ1) is 17.9. The van der Waals surface area contributed by atoms with Crippen molar-refractivity contribution in [2.24, 2.45) is 9.51 Å². The third kappa shape index (κ3) is 4.77. The minimum Gasteiger partial charge on any atom is -0.437 e. The maximum Gasteiger partial charge on any atom is 0.295 e. The van der Waals surface area contributed by atoms with Gasteiger partial charge in [0.2, 0.25) is 0 Å². The Bertz CT molecular complexity index is 962. The van der Waals surface area contributed by atoms with E-state index >= 15 is 0 Å². The molecule has 0 aliphatic carbocycles. The molecular weight excluding hydrogens is 350 g/mol. The standard InChI is InChI=1S/C14H11N5O5S/c1-10-2-8-13(9-3-10)25(22,23)17-14(16-18-15)24-12-6-4-11(5-7-12)19(20)21/h2-9H,1H3/b17-14+. The average molecular weight is 361 g/mol.